The lowest BCUT2D eigenvalue weighted by Crippen LogP contribution is -2.48. The minimum absolute atomic E-state index is 0.00337. The maximum atomic E-state index is 13.2. The molecule has 198 valence electrons. The van der Waals surface area contributed by atoms with Gasteiger partial charge in [-0.2, -0.15) is 0 Å². The fourth-order valence-electron chi connectivity index (χ4n) is 4.88. The van der Waals surface area contributed by atoms with E-state index in [1.807, 2.05) is 43.3 Å². The van der Waals surface area contributed by atoms with Gasteiger partial charge in [-0.1, -0.05) is 35.9 Å². The number of methoxy groups -OCH3 is 1. The molecular weight excluding hydrogens is 506 g/mol. The first-order valence-corrected chi connectivity index (χ1v) is 13.0. The van der Waals surface area contributed by atoms with E-state index in [2.05, 4.69) is 20.6 Å². The van der Waals surface area contributed by atoms with Crippen molar-refractivity contribution >= 4 is 29.4 Å². The van der Waals surface area contributed by atoms with Gasteiger partial charge in [-0.25, -0.2) is 9.97 Å². The van der Waals surface area contributed by atoms with E-state index in [1.165, 1.54) is 11.1 Å². The highest BCUT2D eigenvalue weighted by Crippen LogP contribution is 2.36. The summed E-state index contributed by atoms with van der Waals surface area (Å²) in [6.07, 6.45) is 4.25. The number of hydrogen-bond acceptors (Lipinski definition) is 7. The van der Waals surface area contributed by atoms with E-state index in [0.29, 0.717) is 40.1 Å². The number of nitrogens with one attached hydrogen (secondary N) is 2. The van der Waals surface area contributed by atoms with Crippen molar-refractivity contribution in [1.82, 2.24) is 20.2 Å². The second kappa shape index (κ2) is 10.6. The average Bonchev–Trinajstić information content (AvgIpc) is 3.21. The number of benzene rings is 2. The van der Waals surface area contributed by atoms with E-state index in [9.17, 15) is 14.7 Å². The van der Waals surface area contributed by atoms with Crippen molar-refractivity contribution in [2.45, 2.75) is 44.3 Å². The predicted octanol–water partition coefficient (Wildman–Crippen LogP) is 3.97. The second-order valence-corrected chi connectivity index (χ2v) is 10.3. The van der Waals surface area contributed by atoms with Crippen LogP contribution in [0.5, 0.6) is 5.75 Å². The molecular formula is C28H30ClN5O4. The van der Waals surface area contributed by atoms with Crippen molar-refractivity contribution in [3.8, 4) is 17.0 Å². The van der Waals surface area contributed by atoms with Gasteiger partial charge in [0.25, 0.3) is 5.91 Å². The molecule has 0 spiro atoms. The van der Waals surface area contributed by atoms with Crippen LogP contribution in [0.2, 0.25) is 5.02 Å². The normalized spacial score (nSPS) is 16.4. The van der Waals surface area contributed by atoms with E-state index in [4.69, 9.17) is 16.3 Å². The van der Waals surface area contributed by atoms with Crippen LogP contribution in [0.25, 0.3) is 11.3 Å². The number of aromatic nitrogens is 2. The van der Waals surface area contributed by atoms with Gasteiger partial charge in [-0.3, -0.25) is 9.59 Å². The van der Waals surface area contributed by atoms with Crippen LogP contribution < -0.4 is 15.4 Å². The maximum absolute atomic E-state index is 13.2. The summed E-state index contributed by atoms with van der Waals surface area (Å²) >= 11 is 6.43. The van der Waals surface area contributed by atoms with Crippen LogP contribution in [0.3, 0.4) is 0 Å². The van der Waals surface area contributed by atoms with Crippen molar-refractivity contribution in [2.24, 2.45) is 0 Å². The summed E-state index contributed by atoms with van der Waals surface area (Å²) in [7, 11) is 1.60. The lowest BCUT2D eigenvalue weighted by Gasteiger charge is -2.40. The lowest BCUT2D eigenvalue weighted by atomic mass is 9.77. The summed E-state index contributed by atoms with van der Waals surface area (Å²) in [5.41, 5.74) is 3.05. The highest BCUT2D eigenvalue weighted by molar-refractivity contribution is 6.33. The highest BCUT2D eigenvalue weighted by atomic mass is 35.5. The second-order valence-electron chi connectivity index (χ2n) is 9.91. The molecule has 5 rings (SSSR count). The number of hydrogen-bond donors (Lipinski definition) is 3. The molecule has 0 unspecified atom stereocenters. The fourth-order valence-corrected chi connectivity index (χ4v) is 5.08. The number of halogens is 1. The minimum atomic E-state index is -0.399. The Morgan fingerprint density at radius 2 is 2.08 bits per heavy atom. The van der Waals surface area contributed by atoms with E-state index in [0.717, 1.165) is 30.4 Å². The van der Waals surface area contributed by atoms with Crippen LogP contribution in [0, 0.1) is 0 Å². The summed E-state index contributed by atoms with van der Waals surface area (Å²) in [6, 6.07) is 12.8. The molecule has 0 radical (unpaired) electrons. The molecule has 1 fully saturated rings. The molecule has 10 heteroatoms. The number of aliphatic hydroxyl groups is 1. The number of anilines is 1. The van der Waals surface area contributed by atoms with Crippen LogP contribution in [-0.2, 0) is 11.3 Å². The molecule has 0 saturated heterocycles. The number of fused-ring (bicyclic) bond motifs is 1. The van der Waals surface area contributed by atoms with E-state index in [1.54, 1.807) is 13.2 Å². The zero-order valence-corrected chi connectivity index (χ0v) is 22.1. The number of nitrogens with zero attached hydrogens (tertiary/aromatic N) is 3. The number of carbonyl (C=O) groups excluding carboxylic acids is 2. The number of ether oxygens (including phenoxy) is 1. The molecule has 2 amide bonds. The number of rotatable bonds is 9. The Bertz CT molecular complexity index is 1370. The zero-order valence-electron chi connectivity index (χ0n) is 21.3. The molecule has 2 aromatic carbocycles. The maximum Gasteiger partial charge on any atom is 0.254 e. The third-order valence-electron chi connectivity index (χ3n) is 7.30. The SMILES string of the molecule is COc1cccc([C@@H](C)NC(=O)CN2Cc3ccc(-c4nc(NC5(CO)CCC5)ncc4Cl)cc3C2=O)c1. The van der Waals surface area contributed by atoms with Crippen molar-refractivity contribution in [3.05, 3.63) is 70.4 Å². The molecule has 3 N–H and O–H groups in total. The van der Waals surface area contributed by atoms with Gasteiger partial charge < -0.3 is 25.4 Å². The van der Waals surface area contributed by atoms with Gasteiger partial charge in [0.05, 0.1) is 42.2 Å². The average molecular weight is 536 g/mol. The first-order valence-electron chi connectivity index (χ1n) is 12.6. The van der Waals surface area contributed by atoms with E-state index in [-0.39, 0.29) is 31.0 Å². The van der Waals surface area contributed by atoms with Crippen molar-refractivity contribution < 1.29 is 19.4 Å². The molecule has 2 aliphatic rings. The predicted molar refractivity (Wildman–Crippen MR) is 144 cm³/mol. The molecule has 1 atom stereocenters. The molecule has 1 aliphatic carbocycles. The van der Waals surface area contributed by atoms with Crippen LogP contribution in [0.4, 0.5) is 5.95 Å². The number of aliphatic hydroxyl groups excluding tert-OH is 1. The summed E-state index contributed by atoms with van der Waals surface area (Å²) in [5.74, 6) is 0.633. The van der Waals surface area contributed by atoms with Gasteiger partial charge in [-0.05, 0) is 55.5 Å². The summed E-state index contributed by atoms with van der Waals surface area (Å²) in [6.45, 7) is 2.19. The molecule has 1 aromatic heterocycles. The third kappa shape index (κ3) is 5.16. The largest absolute Gasteiger partial charge is 0.497 e. The summed E-state index contributed by atoms with van der Waals surface area (Å²) in [5, 5.41) is 16.3. The van der Waals surface area contributed by atoms with Gasteiger partial charge >= 0.3 is 0 Å². The van der Waals surface area contributed by atoms with Crippen molar-refractivity contribution in [2.75, 3.05) is 25.6 Å². The number of amides is 2. The first kappa shape index (κ1) is 25.9. The Labute approximate surface area is 226 Å². The molecule has 2 heterocycles. The number of carbonyl (C=O) groups is 2. The Kier molecular flexibility index (Phi) is 7.23. The van der Waals surface area contributed by atoms with E-state index >= 15 is 0 Å². The lowest BCUT2D eigenvalue weighted by molar-refractivity contribution is -0.122. The molecule has 1 saturated carbocycles. The Morgan fingerprint density at radius 1 is 1.26 bits per heavy atom. The minimum Gasteiger partial charge on any atom is -0.497 e. The Hall–Kier alpha value is -3.69. The molecule has 9 nitrogen and oxygen atoms in total. The highest BCUT2D eigenvalue weighted by Gasteiger charge is 2.37. The first-order chi connectivity index (χ1) is 18.3. The molecule has 3 aromatic rings. The van der Waals surface area contributed by atoms with Gasteiger partial charge in [0.2, 0.25) is 11.9 Å². The van der Waals surface area contributed by atoms with Gasteiger partial charge in [0.15, 0.2) is 0 Å². The summed E-state index contributed by atoms with van der Waals surface area (Å²) < 4.78 is 5.26. The third-order valence-corrected chi connectivity index (χ3v) is 7.58. The van der Waals surface area contributed by atoms with Crippen LogP contribution in [-0.4, -0.2) is 57.6 Å². The van der Waals surface area contributed by atoms with Crippen LogP contribution in [0.15, 0.2) is 48.7 Å². The van der Waals surface area contributed by atoms with Crippen molar-refractivity contribution in [3.63, 3.8) is 0 Å². The van der Waals surface area contributed by atoms with Crippen LogP contribution >= 0.6 is 11.6 Å². The topological polar surface area (TPSA) is 117 Å². The summed E-state index contributed by atoms with van der Waals surface area (Å²) in [4.78, 5) is 36.4. The van der Waals surface area contributed by atoms with E-state index < -0.39 is 5.54 Å². The smallest absolute Gasteiger partial charge is 0.254 e. The molecule has 1 aliphatic heterocycles. The van der Waals surface area contributed by atoms with Gasteiger partial charge in [-0.15, -0.1) is 0 Å². The monoisotopic (exact) mass is 535 g/mol. The molecule has 0 bridgehead atoms. The van der Waals surface area contributed by atoms with Crippen molar-refractivity contribution in [1.29, 1.82) is 0 Å². The fraction of sp³-hybridized carbons (Fsp3) is 0.357. The Balaban J connectivity index is 1.28. The van der Waals surface area contributed by atoms with Gasteiger partial charge in [0, 0.05) is 17.7 Å². The van der Waals surface area contributed by atoms with Crippen LogP contribution in [0.1, 0.15) is 53.7 Å². The van der Waals surface area contributed by atoms with Gasteiger partial charge in [0.1, 0.15) is 12.3 Å². The Morgan fingerprint density at radius 3 is 2.79 bits per heavy atom. The quantitative estimate of drug-likeness (QED) is 0.379. The standard InChI is InChI=1S/C28H30ClN5O4/c1-17(18-5-3-6-21(11-18)38-2)31-24(36)15-34-14-20-8-7-19(12-22(20)26(34)37)25-23(29)13-30-27(32-25)33-28(16-35)9-4-10-28/h3,5-8,11-13,17,35H,4,9-10,14-16H2,1-2H3,(H,31,36)(H,30,32,33)/t17-/m1/s1. The molecule has 38 heavy (non-hydrogen) atoms. The zero-order chi connectivity index (χ0) is 26.9.